The van der Waals surface area contributed by atoms with Crippen molar-refractivity contribution in [1.29, 1.82) is 0 Å². The molecule has 8 bridgehead atoms. The number of fused-ring (bicyclic) bond motifs is 20. The van der Waals surface area contributed by atoms with Gasteiger partial charge in [0.05, 0.1) is 49.3 Å². The molecule has 9 aliphatic rings. The SMILES string of the molecule is C1CCC2C3NC(NC4NC(NC5NC(NC6NC(N3)C3CCCCC63)C3CCCCC53)C3CCCCC43)C2C1.[Zn].[Zn].[Zn]. The summed E-state index contributed by atoms with van der Waals surface area (Å²) in [6.45, 7) is 0. The Morgan fingerprint density at radius 3 is 0.442 bits per heavy atom. The molecule has 9 fully saturated rings. The molecule has 8 atom stereocenters. The first-order valence-corrected chi connectivity index (χ1v) is 17.9. The van der Waals surface area contributed by atoms with Crippen molar-refractivity contribution < 1.29 is 58.4 Å². The van der Waals surface area contributed by atoms with Crippen LogP contribution < -0.4 is 42.5 Å². The van der Waals surface area contributed by atoms with Crippen LogP contribution in [-0.4, -0.2) is 49.3 Å². The molecule has 9 rings (SSSR count). The van der Waals surface area contributed by atoms with E-state index < -0.39 is 0 Å². The summed E-state index contributed by atoms with van der Waals surface area (Å²) in [6, 6.07) is 0. The summed E-state index contributed by atoms with van der Waals surface area (Å²) in [5, 5.41) is 33.8. The minimum Gasteiger partial charge on any atom is -0.286 e. The van der Waals surface area contributed by atoms with Crippen molar-refractivity contribution in [3.63, 3.8) is 0 Å². The Morgan fingerprint density at radius 2 is 0.326 bits per heavy atom. The van der Waals surface area contributed by atoms with Crippen LogP contribution in [0.15, 0.2) is 0 Å². The first kappa shape index (κ1) is 34.4. The zero-order valence-corrected chi connectivity index (χ0v) is 35.6. The Morgan fingerprint density at radius 1 is 0.209 bits per heavy atom. The van der Waals surface area contributed by atoms with Crippen molar-refractivity contribution in [3.05, 3.63) is 0 Å². The van der Waals surface area contributed by atoms with Crippen molar-refractivity contribution >= 4 is 0 Å². The number of hydrogen-bond acceptors (Lipinski definition) is 8. The summed E-state index contributed by atoms with van der Waals surface area (Å²) in [4.78, 5) is 0. The smallest absolute Gasteiger partial charge is 0.0628 e. The summed E-state index contributed by atoms with van der Waals surface area (Å²) in [5.41, 5.74) is 0. The zero-order chi connectivity index (χ0) is 26.2. The first-order valence-electron chi connectivity index (χ1n) is 17.9. The molecule has 8 unspecified atom stereocenters. The molecule has 0 aromatic carbocycles. The van der Waals surface area contributed by atoms with Crippen molar-refractivity contribution in [2.75, 3.05) is 0 Å². The second-order valence-electron chi connectivity index (χ2n) is 15.6. The van der Waals surface area contributed by atoms with Gasteiger partial charge in [-0.3, -0.25) is 42.5 Å². The van der Waals surface area contributed by atoms with Gasteiger partial charge in [-0.25, -0.2) is 0 Å². The van der Waals surface area contributed by atoms with Crippen molar-refractivity contribution in [2.45, 2.75) is 152 Å². The molecule has 0 radical (unpaired) electrons. The summed E-state index contributed by atoms with van der Waals surface area (Å²) < 4.78 is 0. The standard InChI is InChI=1S/C32H56N8.3Zn/c1-2-10-18-17(9-1)25-33-26(18)38-28-21-13-5-6-14-22(21)30(35-28)40-32-24-16-8-7-15-23(24)31(36-32)39-29-20-12-4-3-11-19(20)27(34-29)37-25;;;/h17-40H,1-16H2;;;. The molecule has 8 nitrogen and oxygen atoms in total. The Balaban J connectivity index is 0.00000110. The van der Waals surface area contributed by atoms with Crippen molar-refractivity contribution in [1.82, 2.24) is 42.5 Å². The van der Waals surface area contributed by atoms with E-state index in [-0.39, 0.29) is 58.4 Å². The molecular formula is C32H56N8Zn3. The van der Waals surface area contributed by atoms with Gasteiger partial charge in [-0.2, -0.15) is 0 Å². The van der Waals surface area contributed by atoms with Crippen LogP contribution in [0.25, 0.3) is 0 Å². The van der Waals surface area contributed by atoms with Crippen LogP contribution in [0.5, 0.6) is 0 Å². The van der Waals surface area contributed by atoms with Gasteiger partial charge in [0.25, 0.3) is 0 Å². The molecular weight excluding hydrogens is 693 g/mol. The van der Waals surface area contributed by atoms with E-state index in [0.29, 0.717) is 49.3 Å². The van der Waals surface area contributed by atoms with Crippen LogP contribution in [-0.2, 0) is 58.4 Å². The third-order valence-electron chi connectivity index (χ3n) is 13.8. The summed E-state index contributed by atoms with van der Waals surface area (Å²) in [5.74, 6) is 5.97. The van der Waals surface area contributed by atoms with Gasteiger partial charge >= 0.3 is 0 Å². The Bertz CT molecular complexity index is 725. The van der Waals surface area contributed by atoms with Crippen LogP contribution in [0.3, 0.4) is 0 Å². The maximum atomic E-state index is 4.26. The third kappa shape index (κ3) is 6.26. The second-order valence-corrected chi connectivity index (χ2v) is 15.6. The average Bonchev–Trinajstić information content (AvgIpc) is 3.73. The van der Waals surface area contributed by atoms with Gasteiger partial charge in [0.1, 0.15) is 0 Å². The van der Waals surface area contributed by atoms with Gasteiger partial charge in [0, 0.05) is 58.4 Å². The number of hydrogen-bond donors (Lipinski definition) is 8. The topological polar surface area (TPSA) is 96.2 Å². The van der Waals surface area contributed by atoms with E-state index in [1.807, 2.05) is 0 Å². The molecule has 0 spiro atoms. The maximum Gasteiger partial charge on any atom is 0.0628 e. The molecule has 0 amide bonds. The molecule has 0 aromatic rings. The van der Waals surface area contributed by atoms with E-state index in [1.165, 1.54) is 103 Å². The van der Waals surface area contributed by atoms with Crippen molar-refractivity contribution in [3.8, 4) is 0 Å². The van der Waals surface area contributed by atoms with Gasteiger partial charge in [-0.15, -0.1) is 0 Å². The van der Waals surface area contributed by atoms with E-state index in [4.69, 9.17) is 0 Å². The molecule has 230 valence electrons. The van der Waals surface area contributed by atoms with E-state index in [0.717, 1.165) is 47.3 Å². The third-order valence-corrected chi connectivity index (χ3v) is 13.8. The monoisotopic (exact) mass is 744 g/mol. The minimum atomic E-state index is 0. The predicted octanol–water partition coefficient (Wildman–Crippen LogP) is 2.60. The van der Waals surface area contributed by atoms with Crippen LogP contribution >= 0.6 is 0 Å². The van der Waals surface area contributed by atoms with Crippen LogP contribution in [0.1, 0.15) is 103 Å². The first-order chi connectivity index (χ1) is 19.8. The van der Waals surface area contributed by atoms with E-state index in [1.54, 1.807) is 0 Å². The normalized spacial score (nSPS) is 53.6. The molecule has 4 saturated carbocycles. The van der Waals surface area contributed by atoms with Crippen LogP contribution in [0.2, 0.25) is 0 Å². The van der Waals surface area contributed by atoms with E-state index in [9.17, 15) is 0 Å². The Kier molecular flexibility index (Phi) is 11.7. The summed E-state index contributed by atoms with van der Waals surface area (Å²) in [6.07, 6.45) is 25.6. The maximum absolute atomic E-state index is 4.26. The molecule has 5 heterocycles. The predicted molar refractivity (Wildman–Crippen MR) is 157 cm³/mol. The van der Waals surface area contributed by atoms with Crippen LogP contribution in [0.4, 0.5) is 0 Å². The molecule has 5 aliphatic heterocycles. The molecule has 8 N–H and O–H groups in total. The van der Waals surface area contributed by atoms with Gasteiger partial charge < -0.3 is 0 Å². The second kappa shape index (κ2) is 14.6. The van der Waals surface area contributed by atoms with E-state index in [2.05, 4.69) is 42.5 Å². The zero-order valence-electron chi connectivity index (χ0n) is 26.7. The molecule has 11 heteroatoms. The number of nitrogens with one attached hydrogen (secondary N) is 8. The molecule has 43 heavy (non-hydrogen) atoms. The fourth-order valence-electron chi connectivity index (χ4n) is 12.0. The van der Waals surface area contributed by atoms with Gasteiger partial charge in [-0.05, 0) is 98.7 Å². The van der Waals surface area contributed by atoms with Crippen LogP contribution in [0, 0.1) is 47.3 Å². The largest absolute Gasteiger partial charge is 0.286 e. The van der Waals surface area contributed by atoms with E-state index >= 15 is 0 Å². The summed E-state index contributed by atoms with van der Waals surface area (Å²) >= 11 is 0. The molecule has 5 saturated heterocycles. The summed E-state index contributed by atoms with van der Waals surface area (Å²) in [7, 11) is 0. The van der Waals surface area contributed by atoms with Gasteiger partial charge in [0.15, 0.2) is 0 Å². The average molecular weight is 749 g/mol. The Hall–Kier alpha value is 1.55. The van der Waals surface area contributed by atoms with Crippen molar-refractivity contribution in [2.24, 2.45) is 47.3 Å². The molecule has 4 aliphatic carbocycles. The minimum absolute atomic E-state index is 0. The number of rotatable bonds is 0. The van der Waals surface area contributed by atoms with Gasteiger partial charge in [0.2, 0.25) is 0 Å². The fraction of sp³-hybridized carbons (Fsp3) is 1.00. The quantitative estimate of drug-likeness (QED) is 0.180. The molecule has 0 aromatic heterocycles. The fourth-order valence-corrected chi connectivity index (χ4v) is 12.0. The van der Waals surface area contributed by atoms with Gasteiger partial charge in [-0.1, -0.05) is 51.4 Å². The Labute approximate surface area is 298 Å².